The Labute approximate surface area is 140 Å². The van der Waals surface area contributed by atoms with E-state index in [4.69, 9.17) is 5.26 Å². The zero-order valence-corrected chi connectivity index (χ0v) is 13.9. The molecule has 6 heteroatoms. The Balaban J connectivity index is 0.000000198. The highest BCUT2D eigenvalue weighted by Crippen LogP contribution is 2.51. The molecule has 0 aliphatic heterocycles. The molecule has 0 saturated heterocycles. The number of halogens is 1. The first kappa shape index (κ1) is 17.5. The maximum absolute atomic E-state index is 13.1. The van der Waals surface area contributed by atoms with Crippen LogP contribution in [-0.2, 0) is 4.79 Å². The molecule has 24 heavy (non-hydrogen) atoms. The van der Waals surface area contributed by atoms with Gasteiger partial charge in [-0.15, -0.1) is 0 Å². The lowest BCUT2D eigenvalue weighted by Gasteiger charge is -2.00. The fraction of sp³-hybridized carbons (Fsp3) is 0.333. The Morgan fingerprint density at radius 1 is 1.38 bits per heavy atom. The normalized spacial score (nSPS) is 17.0. The molecular formula is C18H19FN4O. The van der Waals surface area contributed by atoms with Crippen molar-refractivity contribution in [1.82, 2.24) is 15.3 Å². The number of benzene rings is 1. The molecule has 1 aromatic carbocycles. The van der Waals surface area contributed by atoms with Gasteiger partial charge in [-0.3, -0.25) is 14.8 Å². The van der Waals surface area contributed by atoms with Crippen LogP contribution in [-0.4, -0.2) is 22.9 Å². The monoisotopic (exact) mass is 326 g/mol. The average Bonchev–Trinajstić information content (AvgIpc) is 3.23. The van der Waals surface area contributed by atoms with Crippen molar-refractivity contribution in [3.05, 3.63) is 48.2 Å². The van der Waals surface area contributed by atoms with E-state index in [2.05, 4.69) is 29.1 Å². The van der Waals surface area contributed by atoms with Crippen molar-refractivity contribution in [2.45, 2.75) is 20.3 Å². The molecule has 124 valence electrons. The second-order valence-electron chi connectivity index (χ2n) is 6.29. The summed E-state index contributed by atoms with van der Waals surface area (Å²) in [5.74, 6) is 0.0252. The van der Waals surface area contributed by atoms with Crippen LogP contribution in [0.2, 0.25) is 0 Å². The van der Waals surface area contributed by atoms with Crippen LogP contribution in [0.15, 0.2) is 36.8 Å². The van der Waals surface area contributed by atoms with Crippen LogP contribution >= 0.6 is 0 Å². The summed E-state index contributed by atoms with van der Waals surface area (Å²) in [6, 6.07) is 5.97. The number of nitrogens with zero attached hydrogens (tertiary/aromatic N) is 3. The molecule has 0 radical (unpaired) electrons. The second kappa shape index (κ2) is 7.18. The van der Waals surface area contributed by atoms with Crippen LogP contribution in [0.3, 0.4) is 0 Å². The van der Waals surface area contributed by atoms with Gasteiger partial charge in [-0.05, 0) is 30.0 Å². The highest BCUT2D eigenvalue weighted by atomic mass is 19.1. The predicted octanol–water partition coefficient (Wildman–Crippen LogP) is 2.93. The Bertz CT molecular complexity index is 768. The van der Waals surface area contributed by atoms with Crippen LogP contribution in [0.25, 0.3) is 11.3 Å². The van der Waals surface area contributed by atoms with Gasteiger partial charge in [-0.2, -0.15) is 5.26 Å². The van der Waals surface area contributed by atoms with Crippen molar-refractivity contribution >= 4 is 5.91 Å². The molecule has 1 saturated carbocycles. The first-order valence-corrected chi connectivity index (χ1v) is 7.56. The van der Waals surface area contributed by atoms with Gasteiger partial charge in [0.25, 0.3) is 0 Å². The van der Waals surface area contributed by atoms with Crippen molar-refractivity contribution in [2.75, 3.05) is 7.05 Å². The number of hydrogen-bond acceptors (Lipinski definition) is 4. The summed E-state index contributed by atoms with van der Waals surface area (Å²) in [6.07, 6.45) is 5.63. The van der Waals surface area contributed by atoms with E-state index in [1.54, 1.807) is 13.1 Å². The van der Waals surface area contributed by atoms with Gasteiger partial charge in [-0.25, -0.2) is 4.39 Å². The van der Waals surface area contributed by atoms with E-state index < -0.39 is 5.82 Å². The smallest absolute Gasteiger partial charge is 0.223 e. The van der Waals surface area contributed by atoms with E-state index in [0.29, 0.717) is 11.3 Å². The molecule has 1 amide bonds. The fourth-order valence-corrected chi connectivity index (χ4v) is 2.34. The Morgan fingerprint density at radius 3 is 2.54 bits per heavy atom. The number of aromatic nitrogens is 2. The third-order valence-electron chi connectivity index (χ3n) is 3.96. The molecule has 1 N–H and O–H groups in total. The molecular weight excluding hydrogens is 307 g/mol. The number of rotatable bonds is 2. The highest BCUT2D eigenvalue weighted by molar-refractivity contribution is 5.81. The molecule has 0 spiro atoms. The molecule has 1 aromatic heterocycles. The quantitative estimate of drug-likeness (QED) is 0.920. The minimum absolute atomic E-state index is 0.194. The van der Waals surface area contributed by atoms with Gasteiger partial charge in [0.05, 0.1) is 23.5 Å². The molecule has 1 unspecified atom stereocenters. The first-order valence-electron chi connectivity index (χ1n) is 7.56. The van der Waals surface area contributed by atoms with Gasteiger partial charge in [0, 0.05) is 30.9 Å². The topological polar surface area (TPSA) is 78.7 Å². The Hall–Kier alpha value is -2.81. The van der Waals surface area contributed by atoms with Gasteiger partial charge >= 0.3 is 0 Å². The summed E-state index contributed by atoms with van der Waals surface area (Å²) < 4.78 is 13.1. The lowest BCUT2D eigenvalue weighted by Crippen LogP contribution is -2.21. The van der Waals surface area contributed by atoms with Crippen LogP contribution in [0.4, 0.5) is 4.39 Å². The minimum Gasteiger partial charge on any atom is -0.359 e. The molecule has 3 rings (SSSR count). The summed E-state index contributed by atoms with van der Waals surface area (Å²) in [5.41, 5.74) is 1.66. The molecule has 5 nitrogen and oxygen atoms in total. The number of carbonyl (C=O) groups excluding carboxylic acids is 1. The molecule has 2 aromatic rings. The Kier molecular flexibility index (Phi) is 5.24. The third kappa shape index (κ3) is 4.35. The molecule has 1 heterocycles. The minimum atomic E-state index is -0.449. The van der Waals surface area contributed by atoms with Crippen LogP contribution in [0.1, 0.15) is 25.8 Å². The SMILES string of the molecule is CNC(=O)C1CC1(C)C.N#Cc1cc(F)cc(-c2cnccn2)c1. The van der Waals surface area contributed by atoms with E-state index in [9.17, 15) is 9.18 Å². The van der Waals surface area contributed by atoms with Gasteiger partial charge in [0.2, 0.25) is 5.91 Å². The second-order valence-corrected chi connectivity index (χ2v) is 6.29. The third-order valence-corrected chi connectivity index (χ3v) is 3.96. The summed E-state index contributed by atoms with van der Waals surface area (Å²) in [4.78, 5) is 18.8. The maximum atomic E-state index is 13.1. The molecule has 1 atom stereocenters. The standard InChI is InChI=1S/C11H6FN3.C7H13NO/c12-10-4-8(6-13)3-9(5-10)11-7-14-1-2-15-11;1-7(2)4-5(7)6(9)8-3/h1-5,7H;5H,4H2,1-3H3,(H,8,9). The van der Waals surface area contributed by atoms with Gasteiger partial charge in [0.15, 0.2) is 0 Å². The summed E-state index contributed by atoms with van der Waals surface area (Å²) >= 11 is 0. The zero-order chi connectivity index (χ0) is 17.7. The van der Waals surface area contributed by atoms with Crippen LogP contribution in [0, 0.1) is 28.5 Å². The number of hydrogen-bond donors (Lipinski definition) is 1. The van der Waals surface area contributed by atoms with Crippen LogP contribution < -0.4 is 5.32 Å². The van der Waals surface area contributed by atoms with Crippen molar-refractivity contribution in [1.29, 1.82) is 5.26 Å². The lowest BCUT2D eigenvalue weighted by molar-refractivity contribution is -0.122. The van der Waals surface area contributed by atoms with Crippen molar-refractivity contribution < 1.29 is 9.18 Å². The highest BCUT2D eigenvalue weighted by Gasteiger charge is 2.50. The van der Waals surface area contributed by atoms with E-state index >= 15 is 0 Å². The molecule has 0 bridgehead atoms. The number of nitriles is 1. The number of carbonyl (C=O) groups is 1. The van der Waals surface area contributed by atoms with E-state index in [1.165, 1.54) is 30.7 Å². The lowest BCUT2D eigenvalue weighted by atomic mass is 10.1. The Morgan fingerprint density at radius 2 is 2.08 bits per heavy atom. The van der Waals surface area contributed by atoms with E-state index in [1.807, 2.05) is 6.07 Å². The summed E-state index contributed by atoms with van der Waals surface area (Å²) in [7, 11) is 1.69. The molecule has 1 aliphatic rings. The maximum Gasteiger partial charge on any atom is 0.223 e. The predicted molar refractivity (Wildman–Crippen MR) is 88.1 cm³/mol. The summed E-state index contributed by atoms with van der Waals surface area (Å²) in [6.45, 7) is 4.24. The van der Waals surface area contributed by atoms with Gasteiger partial charge < -0.3 is 5.32 Å². The van der Waals surface area contributed by atoms with Crippen molar-refractivity contribution in [2.24, 2.45) is 11.3 Å². The van der Waals surface area contributed by atoms with Crippen molar-refractivity contribution in [3.63, 3.8) is 0 Å². The molecule has 1 aliphatic carbocycles. The first-order chi connectivity index (χ1) is 11.4. The number of nitrogens with one attached hydrogen (secondary N) is 1. The van der Waals surface area contributed by atoms with E-state index in [0.717, 1.165) is 6.42 Å². The summed E-state index contributed by atoms with van der Waals surface area (Å²) in [5, 5.41) is 11.3. The van der Waals surface area contributed by atoms with E-state index in [-0.39, 0.29) is 22.8 Å². The molecule has 1 fully saturated rings. The zero-order valence-electron chi connectivity index (χ0n) is 13.9. The van der Waals surface area contributed by atoms with Crippen molar-refractivity contribution in [3.8, 4) is 17.3 Å². The van der Waals surface area contributed by atoms with Gasteiger partial charge in [0.1, 0.15) is 5.82 Å². The average molecular weight is 326 g/mol. The van der Waals surface area contributed by atoms with Crippen LogP contribution in [0.5, 0.6) is 0 Å². The fourth-order valence-electron chi connectivity index (χ4n) is 2.34. The largest absolute Gasteiger partial charge is 0.359 e. The number of amides is 1. The van der Waals surface area contributed by atoms with Gasteiger partial charge in [-0.1, -0.05) is 13.8 Å².